The Balaban J connectivity index is 2.03. The van der Waals surface area contributed by atoms with Crippen molar-refractivity contribution in [3.05, 3.63) is 52.0 Å². The molecule has 0 aliphatic heterocycles. The lowest BCUT2D eigenvalue weighted by molar-refractivity contribution is 0.207. The minimum atomic E-state index is -0.732. The highest BCUT2D eigenvalue weighted by atomic mass is 79.9. The van der Waals surface area contributed by atoms with E-state index in [-0.39, 0.29) is 0 Å². The predicted molar refractivity (Wildman–Crippen MR) is 108 cm³/mol. The molecule has 0 aromatic heterocycles. The molecule has 0 atom stereocenters. The summed E-state index contributed by atoms with van der Waals surface area (Å²) in [6.45, 7) is 5.10. The van der Waals surface area contributed by atoms with Crippen LogP contribution in [-0.2, 0) is 0 Å². The summed E-state index contributed by atoms with van der Waals surface area (Å²) in [7, 11) is 0. The van der Waals surface area contributed by atoms with Gasteiger partial charge in [-0.3, -0.25) is 0 Å². The maximum absolute atomic E-state index is 10.7. The van der Waals surface area contributed by atoms with Gasteiger partial charge >= 0.3 is 6.03 Å². The van der Waals surface area contributed by atoms with E-state index in [9.17, 15) is 4.79 Å². The molecule has 2 rings (SSSR count). The number of nitrogens with zero attached hydrogens (tertiary/aromatic N) is 1. The van der Waals surface area contributed by atoms with Crippen LogP contribution in [0.5, 0.6) is 17.2 Å². The van der Waals surface area contributed by atoms with Crippen molar-refractivity contribution >= 4 is 28.2 Å². The van der Waals surface area contributed by atoms with Crippen LogP contribution in [0.4, 0.5) is 4.79 Å². The first-order chi connectivity index (χ1) is 13.0. The number of carbonyl (C=O) groups excluding carboxylic acids is 1. The number of aryl methyl sites for hydroxylation is 1. The Kier molecular flexibility index (Phi) is 7.94. The summed E-state index contributed by atoms with van der Waals surface area (Å²) in [6.07, 6.45) is 1.46. The van der Waals surface area contributed by atoms with Crippen molar-refractivity contribution < 1.29 is 19.0 Å². The number of carbonyl (C=O) groups is 1. The van der Waals surface area contributed by atoms with Crippen molar-refractivity contribution in [2.45, 2.75) is 13.8 Å². The average Bonchev–Trinajstić information content (AvgIpc) is 2.62. The molecular formula is C19H22BrN3O4. The van der Waals surface area contributed by atoms with Crippen LogP contribution in [0, 0.1) is 6.92 Å². The molecular weight excluding hydrogens is 414 g/mol. The number of benzene rings is 2. The summed E-state index contributed by atoms with van der Waals surface area (Å²) in [6, 6.07) is 10.6. The Hall–Kier alpha value is -2.74. The molecule has 2 aromatic carbocycles. The fraction of sp³-hybridized carbons (Fsp3) is 0.263. The number of hydrogen-bond donors (Lipinski definition) is 2. The van der Waals surface area contributed by atoms with Gasteiger partial charge in [0.05, 0.1) is 17.3 Å². The number of ether oxygens (including phenoxy) is 3. The third-order valence-corrected chi connectivity index (χ3v) is 3.99. The topological polar surface area (TPSA) is 95.2 Å². The normalized spacial score (nSPS) is 10.6. The number of hydrazone groups is 1. The number of halogens is 1. The fourth-order valence-corrected chi connectivity index (χ4v) is 2.82. The van der Waals surface area contributed by atoms with Crippen molar-refractivity contribution in [1.29, 1.82) is 0 Å². The number of urea groups is 1. The molecule has 7 nitrogen and oxygen atoms in total. The molecule has 0 aliphatic carbocycles. The Morgan fingerprint density at radius 3 is 2.63 bits per heavy atom. The fourth-order valence-electron chi connectivity index (χ4n) is 2.25. The van der Waals surface area contributed by atoms with Crippen LogP contribution >= 0.6 is 15.9 Å². The first kappa shape index (κ1) is 20.6. The Morgan fingerprint density at radius 2 is 1.93 bits per heavy atom. The molecule has 0 saturated carbocycles. The van der Waals surface area contributed by atoms with E-state index < -0.39 is 6.03 Å². The lowest BCUT2D eigenvalue weighted by atomic mass is 10.2. The summed E-state index contributed by atoms with van der Waals surface area (Å²) in [4.78, 5) is 10.7. The molecule has 2 amide bonds. The van der Waals surface area contributed by atoms with Gasteiger partial charge in [-0.05, 0) is 59.1 Å². The van der Waals surface area contributed by atoms with E-state index in [1.807, 2.05) is 38.1 Å². The quantitative estimate of drug-likeness (QED) is 0.357. The second-order valence-corrected chi connectivity index (χ2v) is 6.31. The van der Waals surface area contributed by atoms with Crippen molar-refractivity contribution in [3.8, 4) is 17.2 Å². The van der Waals surface area contributed by atoms with Crippen LogP contribution in [0.25, 0.3) is 0 Å². The van der Waals surface area contributed by atoms with Gasteiger partial charge in [0.1, 0.15) is 19.0 Å². The van der Waals surface area contributed by atoms with Gasteiger partial charge in [0.15, 0.2) is 11.5 Å². The van der Waals surface area contributed by atoms with E-state index in [2.05, 4.69) is 26.5 Å². The van der Waals surface area contributed by atoms with Gasteiger partial charge in [-0.15, -0.1) is 0 Å². The molecule has 0 spiro atoms. The Labute approximate surface area is 166 Å². The monoisotopic (exact) mass is 435 g/mol. The van der Waals surface area contributed by atoms with Crippen molar-refractivity contribution in [2.24, 2.45) is 10.8 Å². The number of primary amides is 1. The van der Waals surface area contributed by atoms with E-state index in [1.54, 1.807) is 12.1 Å². The molecule has 27 heavy (non-hydrogen) atoms. The summed E-state index contributed by atoms with van der Waals surface area (Å²) in [5.74, 6) is 1.97. The van der Waals surface area contributed by atoms with Gasteiger partial charge < -0.3 is 19.9 Å². The summed E-state index contributed by atoms with van der Waals surface area (Å²) >= 11 is 3.48. The van der Waals surface area contributed by atoms with Gasteiger partial charge in [-0.25, -0.2) is 10.2 Å². The highest BCUT2D eigenvalue weighted by Crippen LogP contribution is 2.36. The minimum Gasteiger partial charge on any atom is -0.490 e. The van der Waals surface area contributed by atoms with Crippen molar-refractivity contribution in [1.82, 2.24) is 5.43 Å². The average molecular weight is 436 g/mol. The van der Waals surface area contributed by atoms with Crippen LogP contribution in [0.1, 0.15) is 18.1 Å². The maximum Gasteiger partial charge on any atom is 0.332 e. The minimum absolute atomic E-state index is 0.351. The van der Waals surface area contributed by atoms with Gasteiger partial charge in [0.25, 0.3) is 0 Å². The lowest BCUT2D eigenvalue weighted by Crippen LogP contribution is -2.24. The smallest absolute Gasteiger partial charge is 0.332 e. The summed E-state index contributed by atoms with van der Waals surface area (Å²) < 4.78 is 17.9. The zero-order chi connectivity index (χ0) is 19.6. The highest BCUT2D eigenvalue weighted by Gasteiger charge is 2.12. The molecule has 144 valence electrons. The molecule has 0 radical (unpaired) electrons. The first-order valence-electron chi connectivity index (χ1n) is 8.37. The molecule has 0 heterocycles. The van der Waals surface area contributed by atoms with Gasteiger partial charge in [0, 0.05) is 0 Å². The van der Waals surface area contributed by atoms with Crippen molar-refractivity contribution in [2.75, 3.05) is 19.8 Å². The number of para-hydroxylation sites is 1. The Bertz CT molecular complexity index is 812. The number of nitrogens with two attached hydrogens (primary N) is 1. The molecule has 0 aliphatic rings. The van der Waals surface area contributed by atoms with E-state index in [1.165, 1.54) is 6.21 Å². The highest BCUT2D eigenvalue weighted by molar-refractivity contribution is 9.10. The maximum atomic E-state index is 10.7. The third kappa shape index (κ3) is 6.49. The molecule has 0 fully saturated rings. The molecule has 0 bridgehead atoms. The second kappa shape index (κ2) is 10.4. The van der Waals surface area contributed by atoms with E-state index in [4.69, 9.17) is 19.9 Å². The lowest BCUT2D eigenvalue weighted by Gasteiger charge is -2.15. The molecule has 8 heteroatoms. The number of rotatable bonds is 9. The summed E-state index contributed by atoms with van der Waals surface area (Å²) in [5.41, 5.74) is 8.91. The third-order valence-electron chi connectivity index (χ3n) is 3.40. The second-order valence-electron chi connectivity index (χ2n) is 5.46. The molecule has 3 N–H and O–H groups in total. The predicted octanol–water partition coefficient (Wildman–Crippen LogP) is 3.62. The Morgan fingerprint density at radius 1 is 1.19 bits per heavy atom. The van der Waals surface area contributed by atoms with E-state index in [0.717, 1.165) is 11.3 Å². The summed E-state index contributed by atoms with van der Waals surface area (Å²) in [5, 5.41) is 3.74. The van der Waals surface area contributed by atoms with Crippen LogP contribution in [0.3, 0.4) is 0 Å². The zero-order valence-electron chi connectivity index (χ0n) is 15.2. The van der Waals surface area contributed by atoms with Gasteiger partial charge in [0.2, 0.25) is 0 Å². The van der Waals surface area contributed by atoms with Gasteiger partial charge in [-0.2, -0.15) is 5.10 Å². The van der Waals surface area contributed by atoms with E-state index >= 15 is 0 Å². The number of hydrogen-bond acceptors (Lipinski definition) is 5. The SMILES string of the molecule is CCOc1cc(/C=N/NC(N)=O)cc(Br)c1OCCOc1ccccc1C. The van der Waals surface area contributed by atoms with Gasteiger partial charge in [-0.1, -0.05) is 18.2 Å². The number of nitrogens with one attached hydrogen (secondary N) is 1. The first-order valence-corrected chi connectivity index (χ1v) is 9.16. The van der Waals surface area contributed by atoms with Crippen molar-refractivity contribution in [3.63, 3.8) is 0 Å². The van der Waals surface area contributed by atoms with Crippen LogP contribution in [-0.4, -0.2) is 32.1 Å². The largest absolute Gasteiger partial charge is 0.490 e. The van der Waals surface area contributed by atoms with Crippen LogP contribution < -0.4 is 25.4 Å². The number of amides is 2. The molecule has 0 unspecified atom stereocenters. The molecule has 2 aromatic rings. The molecule has 0 saturated heterocycles. The standard InChI is InChI=1S/C19H22BrN3O4/c1-3-25-17-11-14(12-22-23-19(21)24)10-15(20)18(17)27-9-8-26-16-7-5-4-6-13(16)2/h4-7,10-12H,3,8-9H2,1-2H3,(H3,21,23,24)/b22-12+. The van der Waals surface area contributed by atoms with E-state index in [0.29, 0.717) is 41.4 Å². The van der Waals surface area contributed by atoms with Crippen LogP contribution in [0.15, 0.2) is 46.0 Å². The zero-order valence-corrected chi connectivity index (χ0v) is 16.8. The van der Waals surface area contributed by atoms with Crippen LogP contribution in [0.2, 0.25) is 0 Å².